The van der Waals surface area contributed by atoms with Crippen molar-refractivity contribution < 1.29 is 0 Å². The Morgan fingerprint density at radius 3 is 2.43 bits per heavy atom. The van der Waals surface area contributed by atoms with E-state index in [-0.39, 0.29) is 0 Å². The molecule has 1 aliphatic rings. The highest BCUT2D eigenvalue weighted by atomic mass is 14.1. The Morgan fingerprint density at radius 1 is 0.857 bits per heavy atom. The smallest absolute Gasteiger partial charge is 0.0274 e. The van der Waals surface area contributed by atoms with Gasteiger partial charge in [0, 0.05) is 0 Å². The summed E-state index contributed by atoms with van der Waals surface area (Å²) in [6, 6.07) is 6.80. The molecule has 0 radical (unpaired) electrons. The van der Waals surface area contributed by atoms with Crippen molar-refractivity contribution in [1.82, 2.24) is 0 Å². The number of aryl methyl sites for hydroxylation is 2. The minimum Gasteiger partial charge on any atom is -0.0617 e. The molecule has 0 nitrogen and oxygen atoms in total. The van der Waals surface area contributed by atoms with Crippen LogP contribution in [0, 0.1) is 6.92 Å². The van der Waals surface area contributed by atoms with E-state index < -0.39 is 0 Å². The Hall–Kier alpha value is -0.780. The summed E-state index contributed by atoms with van der Waals surface area (Å²) in [5.74, 6) is 0. The first-order valence-corrected chi connectivity index (χ1v) is 5.95. The fourth-order valence-electron chi connectivity index (χ4n) is 2.50. The van der Waals surface area contributed by atoms with Crippen LogP contribution in [0.25, 0.3) is 0 Å². The molecule has 0 heterocycles. The first-order chi connectivity index (χ1) is 6.88. The molecule has 0 aliphatic heterocycles. The second kappa shape index (κ2) is 4.63. The summed E-state index contributed by atoms with van der Waals surface area (Å²) in [7, 11) is 0. The molecule has 0 N–H and O–H groups in total. The second-order valence-corrected chi connectivity index (χ2v) is 4.48. The molecule has 0 bridgehead atoms. The maximum absolute atomic E-state index is 2.33. The second-order valence-electron chi connectivity index (χ2n) is 4.48. The van der Waals surface area contributed by atoms with Gasteiger partial charge in [0.1, 0.15) is 0 Å². The highest BCUT2D eigenvalue weighted by Gasteiger charge is 2.07. The van der Waals surface area contributed by atoms with Crippen molar-refractivity contribution in [3.8, 4) is 0 Å². The molecule has 14 heavy (non-hydrogen) atoms. The lowest BCUT2D eigenvalue weighted by Crippen LogP contribution is -1.96. The molecule has 0 saturated heterocycles. The zero-order valence-corrected chi connectivity index (χ0v) is 9.18. The van der Waals surface area contributed by atoms with Crippen LogP contribution >= 0.6 is 0 Å². The summed E-state index contributed by atoms with van der Waals surface area (Å²) in [6.07, 6.45) is 9.67. The molecular formula is C14H20. The topological polar surface area (TPSA) is 0 Å². The van der Waals surface area contributed by atoms with Crippen LogP contribution in [-0.4, -0.2) is 0 Å². The maximum Gasteiger partial charge on any atom is -0.0274 e. The molecule has 1 aliphatic carbocycles. The van der Waals surface area contributed by atoms with E-state index >= 15 is 0 Å². The summed E-state index contributed by atoms with van der Waals surface area (Å²) in [6.45, 7) is 2.26. The first kappa shape index (κ1) is 9.76. The van der Waals surface area contributed by atoms with Crippen molar-refractivity contribution in [1.29, 1.82) is 0 Å². The predicted octanol–water partition coefficient (Wildman–Crippen LogP) is 4.04. The van der Waals surface area contributed by atoms with Gasteiger partial charge in [-0.3, -0.25) is 0 Å². The van der Waals surface area contributed by atoms with Crippen LogP contribution in [0.2, 0.25) is 0 Å². The van der Waals surface area contributed by atoms with Crippen LogP contribution in [0.5, 0.6) is 0 Å². The van der Waals surface area contributed by atoms with E-state index in [0.717, 1.165) is 0 Å². The molecule has 1 aromatic carbocycles. The number of hydrogen-bond acceptors (Lipinski definition) is 0. The van der Waals surface area contributed by atoms with Gasteiger partial charge in [0.2, 0.25) is 0 Å². The van der Waals surface area contributed by atoms with Gasteiger partial charge < -0.3 is 0 Å². The number of benzene rings is 1. The van der Waals surface area contributed by atoms with E-state index in [4.69, 9.17) is 0 Å². The molecule has 1 aromatic rings. The largest absolute Gasteiger partial charge is 0.0617 e. The lowest BCUT2D eigenvalue weighted by atomic mass is 9.95. The van der Waals surface area contributed by atoms with Crippen LogP contribution in [0.15, 0.2) is 18.2 Å². The Bertz CT molecular complexity index is 299. The van der Waals surface area contributed by atoms with Crippen LogP contribution in [0.1, 0.15) is 48.8 Å². The average Bonchev–Trinajstić information content (AvgIpc) is 2.30. The molecule has 0 spiro atoms. The fourth-order valence-corrected chi connectivity index (χ4v) is 2.50. The monoisotopic (exact) mass is 188 g/mol. The van der Waals surface area contributed by atoms with E-state index in [1.165, 1.54) is 50.5 Å². The van der Waals surface area contributed by atoms with E-state index in [0.29, 0.717) is 0 Å². The van der Waals surface area contributed by atoms with Gasteiger partial charge in [0.25, 0.3) is 0 Å². The van der Waals surface area contributed by atoms with Crippen molar-refractivity contribution in [2.24, 2.45) is 0 Å². The molecule has 2 rings (SSSR count). The van der Waals surface area contributed by atoms with Gasteiger partial charge in [-0.05, 0) is 49.3 Å². The first-order valence-electron chi connectivity index (χ1n) is 5.95. The fraction of sp³-hybridized carbons (Fsp3) is 0.571. The Kier molecular flexibility index (Phi) is 3.23. The Balaban J connectivity index is 2.26. The summed E-state index contributed by atoms with van der Waals surface area (Å²) in [5.41, 5.74) is 4.77. The van der Waals surface area contributed by atoms with Crippen LogP contribution in [0.3, 0.4) is 0 Å². The van der Waals surface area contributed by atoms with Crippen molar-refractivity contribution in [2.75, 3.05) is 0 Å². The number of fused-ring (bicyclic) bond motifs is 1. The minimum absolute atomic E-state index is 1.30. The zero-order chi connectivity index (χ0) is 9.80. The van der Waals surface area contributed by atoms with Gasteiger partial charge >= 0.3 is 0 Å². The van der Waals surface area contributed by atoms with Crippen molar-refractivity contribution in [3.63, 3.8) is 0 Å². The maximum atomic E-state index is 2.33. The van der Waals surface area contributed by atoms with Gasteiger partial charge in [-0.25, -0.2) is 0 Å². The zero-order valence-electron chi connectivity index (χ0n) is 9.18. The third kappa shape index (κ3) is 2.17. The average molecular weight is 188 g/mol. The third-order valence-electron chi connectivity index (χ3n) is 3.38. The van der Waals surface area contributed by atoms with Crippen LogP contribution in [-0.2, 0) is 12.8 Å². The molecule has 0 saturated carbocycles. The van der Waals surface area contributed by atoms with Crippen molar-refractivity contribution in [2.45, 2.75) is 51.9 Å². The molecule has 0 heteroatoms. The minimum atomic E-state index is 1.30. The van der Waals surface area contributed by atoms with Gasteiger partial charge in [0.05, 0.1) is 0 Å². The standard InChI is InChI=1S/C14H20/c1-12-8-7-10-13-9-5-3-2-4-6-11-14(12)13/h7-8,10H,2-6,9,11H2,1H3. The lowest BCUT2D eigenvalue weighted by molar-refractivity contribution is 0.629. The van der Waals surface area contributed by atoms with Crippen molar-refractivity contribution in [3.05, 3.63) is 34.9 Å². The van der Waals surface area contributed by atoms with Gasteiger partial charge in [-0.15, -0.1) is 0 Å². The number of rotatable bonds is 0. The summed E-state index contributed by atoms with van der Waals surface area (Å²) in [4.78, 5) is 0. The molecule has 0 atom stereocenters. The summed E-state index contributed by atoms with van der Waals surface area (Å²) >= 11 is 0. The highest BCUT2D eigenvalue weighted by Crippen LogP contribution is 2.22. The van der Waals surface area contributed by atoms with Crippen LogP contribution < -0.4 is 0 Å². The van der Waals surface area contributed by atoms with E-state index in [1.807, 2.05) is 0 Å². The predicted molar refractivity (Wildman–Crippen MR) is 61.7 cm³/mol. The van der Waals surface area contributed by atoms with E-state index in [1.54, 1.807) is 11.1 Å². The quantitative estimate of drug-likeness (QED) is 0.576. The van der Waals surface area contributed by atoms with E-state index in [9.17, 15) is 0 Å². The van der Waals surface area contributed by atoms with Gasteiger partial charge in [0.15, 0.2) is 0 Å². The van der Waals surface area contributed by atoms with Gasteiger partial charge in [-0.2, -0.15) is 0 Å². The van der Waals surface area contributed by atoms with E-state index in [2.05, 4.69) is 25.1 Å². The molecular weight excluding hydrogens is 168 g/mol. The summed E-state index contributed by atoms with van der Waals surface area (Å²) in [5, 5.41) is 0. The van der Waals surface area contributed by atoms with Crippen molar-refractivity contribution >= 4 is 0 Å². The lowest BCUT2D eigenvalue weighted by Gasteiger charge is -2.10. The SMILES string of the molecule is Cc1cccc2c1CCCCCCC2. The Labute approximate surface area is 87.3 Å². The molecule has 76 valence electrons. The molecule has 0 aromatic heterocycles. The molecule has 0 unspecified atom stereocenters. The Morgan fingerprint density at radius 2 is 1.57 bits per heavy atom. The van der Waals surface area contributed by atoms with Gasteiger partial charge in [-0.1, -0.05) is 37.5 Å². The highest BCUT2D eigenvalue weighted by molar-refractivity contribution is 5.34. The normalized spacial score (nSPS) is 17.8. The summed E-state index contributed by atoms with van der Waals surface area (Å²) < 4.78 is 0. The number of hydrogen-bond donors (Lipinski definition) is 0. The van der Waals surface area contributed by atoms with Crippen LogP contribution in [0.4, 0.5) is 0 Å². The molecule has 0 fully saturated rings. The molecule has 0 amide bonds. The third-order valence-corrected chi connectivity index (χ3v) is 3.38.